The molecule has 1 aromatic carbocycles. The molecular formula is C11H8BrFO2. The van der Waals surface area contributed by atoms with Gasteiger partial charge >= 0.3 is 0 Å². The van der Waals surface area contributed by atoms with Gasteiger partial charge in [0.1, 0.15) is 11.9 Å². The lowest BCUT2D eigenvalue weighted by atomic mass is 10.0. The van der Waals surface area contributed by atoms with Crippen molar-refractivity contribution in [3.8, 4) is 0 Å². The fraction of sp³-hybridized carbons (Fsp3) is 0.0909. The predicted octanol–water partition coefficient (Wildman–Crippen LogP) is 3.26. The van der Waals surface area contributed by atoms with Crippen molar-refractivity contribution in [3.63, 3.8) is 0 Å². The van der Waals surface area contributed by atoms with Crippen LogP contribution in [0.5, 0.6) is 0 Å². The van der Waals surface area contributed by atoms with Gasteiger partial charge in [0.25, 0.3) is 0 Å². The molecule has 0 spiro atoms. The summed E-state index contributed by atoms with van der Waals surface area (Å²) in [7, 11) is 0. The van der Waals surface area contributed by atoms with E-state index in [0.717, 1.165) is 4.47 Å². The monoisotopic (exact) mass is 270 g/mol. The summed E-state index contributed by atoms with van der Waals surface area (Å²) in [6.07, 6.45) is 1.83. The van der Waals surface area contributed by atoms with Crippen LogP contribution in [0.4, 0.5) is 4.39 Å². The number of hydrogen-bond donors (Lipinski definition) is 1. The zero-order valence-corrected chi connectivity index (χ0v) is 9.24. The lowest BCUT2D eigenvalue weighted by Gasteiger charge is -2.10. The molecule has 1 unspecified atom stereocenters. The van der Waals surface area contributed by atoms with Crippen LogP contribution in [0.15, 0.2) is 45.7 Å². The number of hydrogen-bond acceptors (Lipinski definition) is 2. The van der Waals surface area contributed by atoms with Crippen LogP contribution in [0.1, 0.15) is 17.2 Å². The van der Waals surface area contributed by atoms with Crippen molar-refractivity contribution in [2.45, 2.75) is 6.10 Å². The first-order chi connectivity index (χ1) is 7.18. The maximum Gasteiger partial charge on any atom is 0.129 e. The third kappa shape index (κ3) is 2.11. The molecule has 1 atom stereocenters. The second-order valence-electron chi connectivity index (χ2n) is 3.13. The highest BCUT2D eigenvalue weighted by Crippen LogP contribution is 2.26. The van der Waals surface area contributed by atoms with E-state index in [1.807, 2.05) is 0 Å². The Labute approximate surface area is 94.5 Å². The van der Waals surface area contributed by atoms with Crippen LogP contribution in [0.2, 0.25) is 0 Å². The highest BCUT2D eigenvalue weighted by molar-refractivity contribution is 9.10. The summed E-state index contributed by atoms with van der Waals surface area (Å²) in [6, 6.07) is 6.04. The Kier molecular flexibility index (Phi) is 2.88. The van der Waals surface area contributed by atoms with E-state index in [1.54, 1.807) is 18.2 Å². The summed E-state index contributed by atoms with van der Waals surface area (Å²) in [5.41, 5.74) is 0.762. The Morgan fingerprint density at radius 1 is 1.33 bits per heavy atom. The predicted molar refractivity (Wildman–Crippen MR) is 56.9 cm³/mol. The standard InChI is InChI=1S/C11H8BrFO2/c12-8-1-2-10(13)9(5-8)11(14)7-3-4-15-6-7/h1-6,11,14H. The Morgan fingerprint density at radius 2 is 2.13 bits per heavy atom. The van der Waals surface area contributed by atoms with Gasteiger partial charge in [0.15, 0.2) is 0 Å². The Balaban J connectivity index is 2.41. The van der Waals surface area contributed by atoms with E-state index >= 15 is 0 Å². The average molecular weight is 271 g/mol. The maximum atomic E-state index is 13.4. The molecule has 0 amide bonds. The van der Waals surface area contributed by atoms with Crippen molar-refractivity contribution in [2.75, 3.05) is 0 Å². The van der Waals surface area contributed by atoms with E-state index < -0.39 is 11.9 Å². The second-order valence-corrected chi connectivity index (χ2v) is 4.04. The van der Waals surface area contributed by atoms with Gasteiger partial charge in [-0.15, -0.1) is 0 Å². The summed E-state index contributed by atoms with van der Waals surface area (Å²) >= 11 is 3.23. The SMILES string of the molecule is OC(c1ccoc1)c1cc(Br)ccc1F. The van der Waals surface area contributed by atoms with E-state index in [4.69, 9.17) is 4.42 Å². The maximum absolute atomic E-state index is 13.4. The third-order valence-corrected chi connectivity index (χ3v) is 2.60. The first-order valence-electron chi connectivity index (χ1n) is 4.33. The van der Waals surface area contributed by atoms with Crippen LogP contribution in [0.25, 0.3) is 0 Å². The summed E-state index contributed by atoms with van der Waals surface area (Å²) < 4.78 is 19.0. The molecule has 0 saturated heterocycles. The lowest BCUT2D eigenvalue weighted by Crippen LogP contribution is -2.01. The van der Waals surface area contributed by atoms with Gasteiger partial charge in [0.2, 0.25) is 0 Å². The molecule has 78 valence electrons. The normalized spacial score (nSPS) is 12.7. The van der Waals surface area contributed by atoms with Crippen molar-refractivity contribution >= 4 is 15.9 Å². The number of halogens is 2. The zero-order valence-electron chi connectivity index (χ0n) is 7.65. The van der Waals surface area contributed by atoms with Gasteiger partial charge in [0.05, 0.1) is 12.5 Å². The van der Waals surface area contributed by atoms with Crippen LogP contribution in [-0.2, 0) is 0 Å². The minimum absolute atomic E-state index is 0.228. The van der Waals surface area contributed by atoms with Crippen LogP contribution >= 0.6 is 15.9 Å². The number of aliphatic hydroxyl groups excluding tert-OH is 1. The zero-order chi connectivity index (χ0) is 10.8. The van der Waals surface area contributed by atoms with Crippen molar-refractivity contribution in [1.82, 2.24) is 0 Å². The van der Waals surface area contributed by atoms with Crippen molar-refractivity contribution in [2.24, 2.45) is 0 Å². The van der Waals surface area contributed by atoms with Crippen molar-refractivity contribution < 1.29 is 13.9 Å². The van der Waals surface area contributed by atoms with E-state index in [0.29, 0.717) is 5.56 Å². The van der Waals surface area contributed by atoms with Gasteiger partial charge in [-0.1, -0.05) is 15.9 Å². The van der Waals surface area contributed by atoms with Gasteiger partial charge < -0.3 is 9.52 Å². The van der Waals surface area contributed by atoms with Gasteiger partial charge in [-0.25, -0.2) is 4.39 Å². The topological polar surface area (TPSA) is 33.4 Å². The smallest absolute Gasteiger partial charge is 0.129 e. The first-order valence-corrected chi connectivity index (χ1v) is 5.13. The number of benzene rings is 1. The average Bonchev–Trinajstić information content (AvgIpc) is 2.74. The van der Waals surface area contributed by atoms with Crippen molar-refractivity contribution in [3.05, 3.63) is 58.2 Å². The summed E-state index contributed by atoms with van der Waals surface area (Å²) in [5, 5.41) is 9.87. The molecule has 0 radical (unpaired) electrons. The lowest BCUT2D eigenvalue weighted by molar-refractivity contribution is 0.214. The molecule has 2 nitrogen and oxygen atoms in total. The molecule has 1 heterocycles. The van der Waals surface area contributed by atoms with Gasteiger partial charge in [-0.3, -0.25) is 0 Å². The van der Waals surface area contributed by atoms with Gasteiger partial charge in [-0.05, 0) is 24.3 Å². The summed E-state index contributed by atoms with van der Waals surface area (Å²) in [5.74, 6) is -0.438. The van der Waals surface area contributed by atoms with Gasteiger partial charge in [0, 0.05) is 15.6 Å². The molecule has 15 heavy (non-hydrogen) atoms. The largest absolute Gasteiger partial charge is 0.472 e. The molecule has 0 aliphatic heterocycles. The van der Waals surface area contributed by atoms with E-state index in [-0.39, 0.29) is 5.56 Å². The fourth-order valence-corrected chi connectivity index (χ4v) is 1.71. The molecular weight excluding hydrogens is 263 g/mol. The minimum Gasteiger partial charge on any atom is -0.472 e. The second kappa shape index (κ2) is 4.16. The van der Waals surface area contributed by atoms with Crippen LogP contribution in [0, 0.1) is 5.82 Å². The first kappa shape index (κ1) is 10.4. The quantitative estimate of drug-likeness (QED) is 0.909. The molecule has 1 N–H and O–H groups in total. The molecule has 2 rings (SSSR count). The summed E-state index contributed by atoms with van der Waals surface area (Å²) in [6.45, 7) is 0. The molecule has 4 heteroatoms. The summed E-state index contributed by atoms with van der Waals surface area (Å²) in [4.78, 5) is 0. The Morgan fingerprint density at radius 3 is 2.80 bits per heavy atom. The molecule has 0 fully saturated rings. The molecule has 2 aromatic rings. The molecule has 0 saturated carbocycles. The highest BCUT2D eigenvalue weighted by Gasteiger charge is 2.16. The van der Waals surface area contributed by atoms with E-state index in [9.17, 15) is 9.50 Å². The fourth-order valence-electron chi connectivity index (χ4n) is 1.33. The van der Waals surface area contributed by atoms with E-state index in [1.165, 1.54) is 18.6 Å². The minimum atomic E-state index is -0.999. The third-order valence-electron chi connectivity index (χ3n) is 2.11. The van der Waals surface area contributed by atoms with Crippen molar-refractivity contribution in [1.29, 1.82) is 0 Å². The van der Waals surface area contributed by atoms with E-state index in [2.05, 4.69) is 15.9 Å². The van der Waals surface area contributed by atoms with Crippen LogP contribution in [0.3, 0.4) is 0 Å². The molecule has 0 bridgehead atoms. The number of rotatable bonds is 2. The molecule has 0 aliphatic carbocycles. The highest BCUT2D eigenvalue weighted by atomic mass is 79.9. The number of furan rings is 1. The van der Waals surface area contributed by atoms with Crippen LogP contribution < -0.4 is 0 Å². The molecule has 1 aromatic heterocycles. The Bertz CT molecular complexity index is 454. The van der Waals surface area contributed by atoms with Gasteiger partial charge in [-0.2, -0.15) is 0 Å². The van der Waals surface area contributed by atoms with Crippen LogP contribution in [-0.4, -0.2) is 5.11 Å². The molecule has 0 aliphatic rings. The Hall–Kier alpha value is -1.13. The number of aliphatic hydroxyl groups is 1.